The molecule has 0 aliphatic carbocycles. The van der Waals surface area contributed by atoms with Crippen LogP contribution in [0.15, 0.2) is 30.3 Å². The van der Waals surface area contributed by atoms with Crippen molar-refractivity contribution in [1.82, 2.24) is 14.8 Å². The van der Waals surface area contributed by atoms with Crippen molar-refractivity contribution < 1.29 is 23.8 Å². The largest absolute Gasteiger partial charge is 0.493 e. The van der Waals surface area contributed by atoms with E-state index < -0.39 is 0 Å². The second-order valence-corrected chi connectivity index (χ2v) is 8.70. The van der Waals surface area contributed by atoms with Crippen molar-refractivity contribution in [2.75, 3.05) is 59.9 Å². The molecule has 2 heterocycles. The maximum atomic E-state index is 12.9. The third kappa shape index (κ3) is 4.71. The Hall–Kier alpha value is -3.37. The monoisotopic (exact) mass is 470 g/mol. The maximum Gasteiger partial charge on any atom is 0.257 e. The van der Waals surface area contributed by atoms with Crippen molar-refractivity contribution in [3.05, 3.63) is 41.5 Å². The Balaban J connectivity index is 1.54. The van der Waals surface area contributed by atoms with Gasteiger partial charge in [-0.2, -0.15) is 0 Å². The molecule has 174 valence electrons. The van der Waals surface area contributed by atoms with Crippen molar-refractivity contribution >= 4 is 38.5 Å². The first kappa shape index (κ1) is 22.8. The molecule has 1 fully saturated rings. The molecular weight excluding hydrogens is 444 g/mol. The van der Waals surface area contributed by atoms with E-state index in [-0.39, 0.29) is 11.8 Å². The van der Waals surface area contributed by atoms with Gasteiger partial charge in [0.1, 0.15) is 0 Å². The molecule has 10 heteroatoms. The van der Waals surface area contributed by atoms with E-state index in [2.05, 4.69) is 22.2 Å². The Morgan fingerprint density at radius 1 is 0.939 bits per heavy atom. The first-order chi connectivity index (χ1) is 15.9. The van der Waals surface area contributed by atoms with E-state index in [0.29, 0.717) is 46.6 Å². The number of hydrogen-bond acceptors (Lipinski definition) is 8. The van der Waals surface area contributed by atoms with Crippen LogP contribution in [0.4, 0.5) is 5.13 Å². The van der Waals surface area contributed by atoms with Gasteiger partial charge in [-0.1, -0.05) is 11.3 Å². The SMILES string of the molecule is COc1cc(C(=O)Nc2nc3ccc(C(=O)N4CCN(C)CC4)cc3s2)cc(OC)c1OC. The minimum atomic E-state index is -0.359. The molecule has 4 rings (SSSR count). The Kier molecular flexibility index (Phi) is 6.66. The minimum Gasteiger partial charge on any atom is -0.493 e. The van der Waals surface area contributed by atoms with E-state index in [1.54, 1.807) is 18.2 Å². The number of fused-ring (bicyclic) bond motifs is 1. The van der Waals surface area contributed by atoms with Crippen molar-refractivity contribution in [3.63, 3.8) is 0 Å². The van der Waals surface area contributed by atoms with Gasteiger partial charge in [-0.15, -0.1) is 0 Å². The number of nitrogens with zero attached hydrogens (tertiary/aromatic N) is 3. The first-order valence-electron chi connectivity index (χ1n) is 10.4. The number of rotatable bonds is 6. The van der Waals surface area contributed by atoms with Gasteiger partial charge in [0.25, 0.3) is 11.8 Å². The second-order valence-electron chi connectivity index (χ2n) is 7.67. The molecular formula is C23H26N4O5S. The molecule has 0 saturated carbocycles. The lowest BCUT2D eigenvalue weighted by Gasteiger charge is -2.32. The lowest BCUT2D eigenvalue weighted by atomic mass is 10.1. The van der Waals surface area contributed by atoms with Gasteiger partial charge in [0.05, 0.1) is 31.5 Å². The van der Waals surface area contributed by atoms with Crippen LogP contribution in [-0.2, 0) is 0 Å². The van der Waals surface area contributed by atoms with Crippen molar-refractivity contribution in [3.8, 4) is 17.2 Å². The van der Waals surface area contributed by atoms with Crippen molar-refractivity contribution in [2.45, 2.75) is 0 Å². The van der Waals surface area contributed by atoms with Crippen LogP contribution in [0.25, 0.3) is 10.2 Å². The molecule has 0 unspecified atom stereocenters. The number of benzene rings is 2. The summed E-state index contributed by atoms with van der Waals surface area (Å²) in [4.78, 5) is 34.3. The third-order valence-electron chi connectivity index (χ3n) is 5.57. The van der Waals surface area contributed by atoms with E-state index in [0.717, 1.165) is 23.3 Å². The number of nitrogens with one attached hydrogen (secondary N) is 1. The van der Waals surface area contributed by atoms with Crippen molar-refractivity contribution in [1.29, 1.82) is 0 Å². The maximum absolute atomic E-state index is 12.9. The van der Waals surface area contributed by atoms with Crippen LogP contribution in [0.3, 0.4) is 0 Å². The smallest absolute Gasteiger partial charge is 0.257 e. The number of hydrogen-bond donors (Lipinski definition) is 1. The molecule has 1 saturated heterocycles. The zero-order chi connectivity index (χ0) is 23.5. The molecule has 0 bridgehead atoms. The van der Waals surface area contributed by atoms with Gasteiger partial charge < -0.3 is 24.0 Å². The quantitative estimate of drug-likeness (QED) is 0.592. The summed E-state index contributed by atoms with van der Waals surface area (Å²) >= 11 is 1.32. The lowest BCUT2D eigenvalue weighted by molar-refractivity contribution is 0.0664. The number of likely N-dealkylation sites (N-methyl/N-ethyl adjacent to an activating group) is 1. The fourth-order valence-electron chi connectivity index (χ4n) is 3.68. The summed E-state index contributed by atoms with van der Waals surface area (Å²) in [6.45, 7) is 3.16. The molecule has 2 aromatic carbocycles. The van der Waals surface area contributed by atoms with E-state index >= 15 is 0 Å². The summed E-state index contributed by atoms with van der Waals surface area (Å²) in [6, 6.07) is 8.59. The molecule has 0 radical (unpaired) electrons. The van der Waals surface area contributed by atoms with Crippen molar-refractivity contribution in [2.24, 2.45) is 0 Å². The van der Waals surface area contributed by atoms with Gasteiger partial charge in [0, 0.05) is 37.3 Å². The van der Waals surface area contributed by atoms with Crippen LogP contribution in [0.2, 0.25) is 0 Å². The zero-order valence-electron chi connectivity index (χ0n) is 19.0. The highest BCUT2D eigenvalue weighted by Gasteiger charge is 2.22. The molecule has 2 amide bonds. The average Bonchev–Trinajstić information content (AvgIpc) is 3.24. The van der Waals surface area contributed by atoms with E-state index in [1.807, 2.05) is 17.0 Å². The van der Waals surface area contributed by atoms with Crippen LogP contribution in [-0.4, -0.2) is 81.2 Å². The fraction of sp³-hybridized carbons (Fsp3) is 0.348. The number of carbonyl (C=O) groups is 2. The Labute approximate surface area is 195 Å². The molecule has 1 aliphatic rings. The summed E-state index contributed by atoms with van der Waals surface area (Å²) in [5, 5.41) is 3.26. The number of ether oxygens (including phenoxy) is 3. The number of methoxy groups -OCH3 is 3. The molecule has 0 atom stereocenters. The number of aromatic nitrogens is 1. The summed E-state index contributed by atoms with van der Waals surface area (Å²) < 4.78 is 16.8. The zero-order valence-corrected chi connectivity index (χ0v) is 19.8. The van der Waals surface area contributed by atoms with Gasteiger partial charge in [-0.25, -0.2) is 4.98 Å². The van der Waals surface area contributed by atoms with E-state index in [1.165, 1.54) is 32.7 Å². The van der Waals surface area contributed by atoms with Gasteiger partial charge in [0.2, 0.25) is 5.75 Å². The number of carbonyl (C=O) groups excluding carboxylic acids is 2. The molecule has 0 spiro atoms. The van der Waals surface area contributed by atoms with Crippen LogP contribution in [0.5, 0.6) is 17.2 Å². The Morgan fingerprint density at radius 2 is 1.61 bits per heavy atom. The normalized spacial score (nSPS) is 14.2. The second kappa shape index (κ2) is 9.63. The minimum absolute atomic E-state index is 0.0152. The topological polar surface area (TPSA) is 93.2 Å². The predicted molar refractivity (Wildman–Crippen MR) is 127 cm³/mol. The highest BCUT2D eigenvalue weighted by atomic mass is 32.1. The first-order valence-corrected chi connectivity index (χ1v) is 11.2. The Bertz CT molecular complexity index is 1160. The number of amides is 2. The highest BCUT2D eigenvalue weighted by Crippen LogP contribution is 2.38. The summed E-state index contributed by atoms with van der Waals surface area (Å²) in [6.07, 6.45) is 0. The molecule has 33 heavy (non-hydrogen) atoms. The predicted octanol–water partition coefficient (Wildman–Crippen LogP) is 2.96. The molecule has 1 aliphatic heterocycles. The van der Waals surface area contributed by atoms with E-state index in [9.17, 15) is 9.59 Å². The molecule has 3 aromatic rings. The van der Waals surface area contributed by atoms with Gasteiger partial charge >= 0.3 is 0 Å². The van der Waals surface area contributed by atoms with Crippen LogP contribution < -0.4 is 19.5 Å². The summed E-state index contributed by atoms with van der Waals surface area (Å²) in [5.74, 6) is 0.842. The number of piperazine rings is 1. The highest BCUT2D eigenvalue weighted by molar-refractivity contribution is 7.22. The van der Waals surface area contributed by atoms with E-state index in [4.69, 9.17) is 14.2 Å². The molecule has 1 aromatic heterocycles. The average molecular weight is 471 g/mol. The molecule has 1 N–H and O–H groups in total. The van der Waals surface area contributed by atoms with Gasteiger partial charge in [-0.05, 0) is 37.4 Å². The van der Waals surface area contributed by atoms with Gasteiger partial charge in [-0.3, -0.25) is 14.9 Å². The standard InChI is InChI=1S/C23H26N4O5S/c1-26-7-9-27(10-8-26)22(29)14-5-6-16-19(13-14)33-23(24-16)25-21(28)15-11-17(30-2)20(32-4)18(12-15)31-3/h5-6,11-13H,7-10H2,1-4H3,(H,24,25,28). The van der Waals surface area contributed by atoms with Crippen LogP contribution in [0.1, 0.15) is 20.7 Å². The third-order valence-corrected chi connectivity index (χ3v) is 6.51. The van der Waals surface area contributed by atoms with Crippen LogP contribution in [0, 0.1) is 0 Å². The fourth-order valence-corrected chi connectivity index (χ4v) is 4.58. The summed E-state index contributed by atoms with van der Waals surface area (Å²) in [5.41, 5.74) is 1.68. The molecule has 9 nitrogen and oxygen atoms in total. The van der Waals surface area contributed by atoms with Gasteiger partial charge in [0.15, 0.2) is 16.6 Å². The van der Waals surface area contributed by atoms with Crippen LogP contribution >= 0.6 is 11.3 Å². The number of thiazole rings is 1. The number of anilines is 1. The lowest BCUT2D eigenvalue weighted by Crippen LogP contribution is -2.47. The Morgan fingerprint density at radius 3 is 2.21 bits per heavy atom. The summed E-state index contributed by atoms with van der Waals surface area (Å²) in [7, 11) is 6.55.